The monoisotopic (exact) mass is 483 g/mol. The van der Waals surface area contributed by atoms with Crippen molar-refractivity contribution in [3.63, 3.8) is 0 Å². The number of nitrogens with one attached hydrogen (secondary N) is 1. The molecule has 5 heteroatoms. The van der Waals surface area contributed by atoms with Gasteiger partial charge in [-0.25, -0.2) is 4.39 Å². The van der Waals surface area contributed by atoms with E-state index in [-0.39, 0.29) is 11.4 Å². The lowest BCUT2D eigenvalue weighted by molar-refractivity contribution is 0.221. The third kappa shape index (κ3) is 5.75. The molecule has 0 radical (unpaired) electrons. The molecule has 4 aromatic rings. The van der Waals surface area contributed by atoms with Crippen molar-refractivity contribution in [1.29, 1.82) is 0 Å². The number of hydrogen-bond donors (Lipinski definition) is 1. The molecule has 1 saturated heterocycles. The van der Waals surface area contributed by atoms with Crippen LogP contribution in [0.3, 0.4) is 0 Å². The molecule has 0 atom stereocenters. The summed E-state index contributed by atoms with van der Waals surface area (Å²) in [7, 11) is 0. The van der Waals surface area contributed by atoms with E-state index in [0.717, 1.165) is 52.8 Å². The van der Waals surface area contributed by atoms with Crippen molar-refractivity contribution in [3.8, 4) is 11.1 Å². The number of halogens is 1. The van der Waals surface area contributed by atoms with Crippen LogP contribution in [-0.4, -0.2) is 29.1 Å². The predicted molar refractivity (Wildman–Crippen MR) is 146 cm³/mol. The van der Waals surface area contributed by atoms with E-state index in [1.807, 2.05) is 10.6 Å². The fourth-order valence-corrected chi connectivity index (χ4v) is 5.07. The first-order valence-electron chi connectivity index (χ1n) is 13.0. The van der Waals surface area contributed by atoms with Crippen LogP contribution in [0.4, 0.5) is 4.39 Å². The van der Waals surface area contributed by atoms with Gasteiger partial charge in [0.2, 0.25) is 0 Å². The van der Waals surface area contributed by atoms with Crippen molar-refractivity contribution in [3.05, 3.63) is 106 Å². The number of rotatable bonds is 8. The summed E-state index contributed by atoms with van der Waals surface area (Å²) in [6.07, 6.45) is 3.77. The summed E-state index contributed by atoms with van der Waals surface area (Å²) in [5, 5.41) is 4.44. The van der Waals surface area contributed by atoms with E-state index in [4.69, 9.17) is 0 Å². The third-order valence-electron chi connectivity index (χ3n) is 7.20. The van der Waals surface area contributed by atoms with Crippen molar-refractivity contribution < 1.29 is 4.39 Å². The first kappa shape index (κ1) is 24.4. The largest absolute Gasteiger partial charge is 0.308 e. The molecular weight excluding hydrogens is 449 g/mol. The minimum Gasteiger partial charge on any atom is -0.308 e. The molecule has 3 aromatic carbocycles. The van der Waals surface area contributed by atoms with Gasteiger partial charge in [0, 0.05) is 31.7 Å². The first-order chi connectivity index (χ1) is 17.6. The molecule has 0 saturated carbocycles. The molecular formula is C31H34FN3O. The Morgan fingerprint density at radius 3 is 2.28 bits per heavy atom. The molecule has 1 aliphatic heterocycles. The number of aromatic nitrogens is 1. The van der Waals surface area contributed by atoms with Crippen molar-refractivity contribution in [2.45, 2.75) is 45.8 Å². The Morgan fingerprint density at radius 2 is 1.53 bits per heavy atom. The highest BCUT2D eigenvalue weighted by Gasteiger charge is 2.14. The molecule has 0 unspecified atom stereocenters. The molecule has 1 fully saturated rings. The van der Waals surface area contributed by atoms with Gasteiger partial charge < -0.3 is 14.8 Å². The first-order valence-corrected chi connectivity index (χ1v) is 13.0. The molecule has 0 spiro atoms. The van der Waals surface area contributed by atoms with E-state index in [2.05, 4.69) is 59.6 Å². The lowest BCUT2D eigenvalue weighted by Crippen LogP contribution is -2.36. The van der Waals surface area contributed by atoms with E-state index in [0.29, 0.717) is 19.6 Å². The summed E-state index contributed by atoms with van der Waals surface area (Å²) in [5.74, 6) is -0.241. The van der Waals surface area contributed by atoms with E-state index >= 15 is 0 Å². The van der Waals surface area contributed by atoms with Gasteiger partial charge in [-0.15, -0.1) is 0 Å². The number of pyridine rings is 1. The van der Waals surface area contributed by atoms with Gasteiger partial charge >= 0.3 is 0 Å². The number of piperidine rings is 1. The summed E-state index contributed by atoms with van der Waals surface area (Å²) in [4.78, 5) is 16.2. The van der Waals surface area contributed by atoms with E-state index in [1.165, 1.54) is 37.0 Å². The van der Waals surface area contributed by atoms with Gasteiger partial charge in [0.25, 0.3) is 5.56 Å². The van der Waals surface area contributed by atoms with E-state index in [1.54, 1.807) is 12.1 Å². The third-order valence-corrected chi connectivity index (χ3v) is 7.20. The minimum atomic E-state index is -0.241. The molecule has 0 bridgehead atoms. The van der Waals surface area contributed by atoms with E-state index < -0.39 is 0 Å². The maximum atomic E-state index is 13.7. The summed E-state index contributed by atoms with van der Waals surface area (Å²) >= 11 is 0. The molecule has 2 heterocycles. The van der Waals surface area contributed by atoms with Crippen LogP contribution >= 0.6 is 0 Å². The Kier molecular flexibility index (Phi) is 7.59. The van der Waals surface area contributed by atoms with Crippen LogP contribution in [0.1, 0.15) is 36.0 Å². The van der Waals surface area contributed by atoms with Crippen LogP contribution in [0.15, 0.2) is 77.6 Å². The lowest BCUT2D eigenvalue weighted by atomic mass is 10.0. The van der Waals surface area contributed by atoms with Gasteiger partial charge in [0.05, 0.1) is 5.52 Å². The van der Waals surface area contributed by atoms with Crippen LogP contribution in [0.5, 0.6) is 0 Å². The Bertz CT molecular complexity index is 1370. The molecule has 0 amide bonds. The fourth-order valence-electron chi connectivity index (χ4n) is 5.07. The highest BCUT2D eigenvalue weighted by molar-refractivity contribution is 5.85. The zero-order valence-corrected chi connectivity index (χ0v) is 21.0. The highest BCUT2D eigenvalue weighted by atomic mass is 19.1. The van der Waals surface area contributed by atoms with Gasteiger partial charge in [-0.05, 0) is 79.2 Å². The zero-order chi connectivity index (χ0) is 24.9. The maximum absolute atomic E-state index is 13.7. The number of likely N-dealkylation sites (tertiary alicyclic amines) is 1. The zero-order valence-electron chi connectivity index (χ0n) is 21.0. The summed E-state index contributed by atoms with van der Waals surface area (Å²) in [5.41, 5.74) is 6.30. The number of nitrogens with zero attached hydrogens (tertiary/aromatic N) is 2. The smallest absolute Gasteiger partial charge is 0.255 e. The topological polar surface area (TPSA) is 37.3 Å². The average molecular weight is 484 g/mol. The van der Waals surface area contributed by atoms with Crippen molar-refractivity contribution in [1.82, 2.24) is 14.8 Å². The number of benzene rings is 3. The Labute approximate surface area is 212 Å². The quantitative estimate of drug-likeness (QED) is 0.339. The second-order valence-electron chi connectivity index (χ2n) is 9.90. The SMILES string of the molecule is Cc1ccc(-c2ccc3cc(CNCc4ccc(F)cc4)c(=O)n(CCN4CCCCC4)c3c2)cc1. The molecule has 0 aliphatic carbocycles. The van der Waals surface area contributed by atoms with Gasteiger partial charge in [0.1, 0.15) is 5.82 Å². The predicted octanol–water partition coefficient (Wildman–Crippen LogP) is 5.89. The van der Waals surface area contributed by atoms with Crippen molar-refractivity contribution in [2.75, 3.05) is 19.6 Å². The standard InChI is InChI=1S/C31H34FN3O/c1-23-5-9-25(10-6-23)26-11-12-27-19-28(22-33-21-24-7-13-29(32)14-8-24)31(36)35(30(27)20-26)18-17-34-15-3-2-4-16-34/h5-14,19-20,33H,2-4,15-18,21-22H2,1H3. The molecule has 5 rings (SSSR count). The Hall–Kier alpha value is -3.28. The van der Waals surface area contributed by atoms with Crippen LogP contribution in [0.2, 0.25) is 0 Å². The number of hydrogen-bond acceptors (Lipinski definition) is 3. The normalized spacial score (nSPS) is 14.4. The second-order valence-corrected chi connectivity index (χ2v) is 9.90. The Balaban J connectivity index is 1.45. The van der Waals surface area contributed by atoms with Crippen LogP contribution in [-0.2, 0) is 19.6 Å². The molecule has 1 aromatic heterocycles. The van der Waals surface area contributed by atoms with Gasteiger partial charge in [-0.3, -0.25) is 4.79 Å². The van der Waals surface area contributed by atoms with Crippen LogP contribution in [0, 0.1) is 12.7 Å². The molecule has 186 valence electrons. The average Bonchev–Trinajstić information content (AvgIpc) is 2.90. The van der Waals surface area contributed by atoms with Crippen LogP contribution < -0.4 is 10.9 Å². The lowest BCUT2D eigenvalue weighted by Gasteiger charge is -2.27. The molecule has 36 heavy (non-hydrogen) atoms. The van der Waals surface area contributed by atoms with Crippen molar-refractivity contribution >= 4 is 10.9 Å². The molecule has 1 aliphatic rings. The minimum absolute atomic E-state index is 0.0622. The van der Waals surface area contributed by atoms with Gasteiger partial charge in [-0.2, -0.15) is 0 Å². The molecule has 4 nitrogen and oxygen atoms in total. The fraction of sp³-hybridized carbons (Fsp3) is 0.323. The van der Waals surface area contributed by atoms with Gasteiger partial charge in [-0.1, -0.05) is 60.5 Å². The van der Waals surface area contributed by atoms with Crippen molar-refractivity contribution in [2.24, 2.45) is 0 Å². The highest BCUT2D eigenvalue weighted by Crippen LogP contribution is 2.25. The number of fused-ring (bicyclic) bond motifs is 1. The van der Waals surface area contributed by atoms with Crippen LogP contribution in [0.25, 0.3) is 22.0 Å². The maximum Gasteiger partial charge on any atom is 0.255 e. The Morgan fingerprint density at radius 1 is 0.806 bits per heavy atom. The van der Waals surface area contributed by atoms with E-state index in [9.17, 15) is 9.18 Å². The molecule has 1 N–H and O–H groups in total. The summed E-state index contributed by atoms with van der Waals surface area (Å²) in [6.45, 7) is 6.93. The second kappa shape index (κ2) is 11.2. The number of aryl methyl sites for hydroxylation is 1. The summed E-state index contributed by atoms with van der Waals surface area (Å²) in [6, 6.07) is 23.4. The van der Waals surface area contributed by atoms with Gasteiger partial charge in [0.15, 0.2) is 0 Å². The summed E-state index contributed by atoms with van der Waals surface area (Å²) < 4.78 is 15.2.